The molecule has 0 aliphatic heterocycles. The number of alkyl carbamates (subject to hydrolysis) is 2. The van der Waals surface area contributed by atoms with Gasteiger partial charge in [-0.15, -0.1) is 0 Å². The molecule has 2 aromatic carbocycles. The van der Waals surface area contributed by atoms with Gasteiger partial charge in [0, 0.05) is 24.0 Å². The van der Waals surface area contributed by atoms with Gasteiger partial charge < -0.3 is 34.9 Å². The van der Waals surface area contributed by atoms with Crippen molar-refractivity contribution in [1.82, 2.24) is 25.9 Å². The molecule has 3 amide bonds. The SMILES string of the molecule is CC(C)[C@H](NC(=O)OCc1cnco1)C(=O)N[C@@H](Cc1ccccc1)C[C@H](O)[C@H](Cc1ccccc1)NC(=O)OCc1cccnc1. The molecule has 0 saturated carbocycles. The third-order valence-electron chi connectivity index (χ3n) is 7.41. The van der Waals surface area contributed by atoms with Crippen LogP contribution in [-0.2, 0) is 40.3 Å². The minimum atomic E-state index is -1.08. The van der Waals surface area contributed by atoms with Gasteiger partial charge in [0.05, 0.1) is 18.3 Å². The molecule has 0 aliphatic rings. The first-order chi connectivity index (χ1) is 22.8. The molecule has 2 heterocycles. The van der Waals surface area contributed by atoms with Crippen LogP contribution in [0.4, 0.5) is 9.59 Å². The number of benzene rings is 2. The predicted molar refractivity (Wildman–Crippen MR) is 173 cm³/mol. The summed E-state index contributed by atoms with van der Waals surface area (Å²) in [7, 11) is 0. The van der Waals surface area contributed by atoms with E-state index in [4.69, 9.17) is 13.9 Å². The monoisotopic (exact) mass is 643 g/mol. The van der Waals surface area contributed by atoms with E-state index in [1.165, 1.54) is 12.6 Å². The van der Waals surface area contributed by atoms with Gasteiger partial charge in [-0.3, -0.25) is 9.78 Å². The lowest BCUT2D eigenvalue weighted by atomic mass is 9.93. The maximum Gasteiger partial charge on any atom is 0.408 e. The molecule has 0 aliphatic carbocycles. The van der Waals surface area contributed by atoms with Crippen molar-refractivity contribution < 1.29 is 33.4 Å². The number of carbonyl (C=O) groups excluding carboxylic acids is 3. The summed E-state index contributed by atoms with van der Waals surface area (Å²) < 4.78 is 15.7. The molecule has 0 saturated heterocycles. The predicted octanol–water partition coefficient (Wildman–Crippen LogP) is 4.34. The van der Waals surface area contributed by atoms with Crippen molar-refractivity contribution in [3.8, 4) is 0 Å². The number of aliphatic hydroxyl groups is 1. The Labute approximate surface area is 273 Å². The van der Waals surface area contributed by atoms with Crippen LogP contribution < -0.4 is 16.0 Å². The lowest BCUT2D eigenvalue weighted by Gasteiger charge is -2.30. The Morgan fingerprint density at radius 1 is 0.766 bits per heavy atom. The number of nitrogens with zero attached hydrogens (tertiary/aromatic N) is 2. The Hall–Kier alpha value is -5.23. The molecule has 4 rings (SSSR count). The highest BCUT2D eigenvalue weighted by molar-refractivity contribution is 5.86. The van der Waals surface area contributed by atoms with Crippen molar-refractivity contribution in [3.05, 3.63) is 120 Å². The minimum Gasteiger partial charge on any atom is -0.445 e. The van der Waals surface area contributed by atoms with E-state index in [-0.39, 0.29) is 25.6 Å². The topological polar surface area (TPSA) is 165 Å². The summed E-state index contributed by atoms with van der Waals surface area (Å²) in [6, 6.07) is 20.3. The molecule has 4 atom stereocenters. The smallest absolute Gasteiger partial charge is 0.408 e. The molecule has 0 spiro atoms. The fraction of sp³-hybridized carbons (Fsp3) is 0.343. The van der Waals surface area contributed by atoms with Crippen molar-refractivity contribution in [2.45, 2.75) is 70.6 Å². The largest absolute Gasteiger partial charge is 0.445 e. The lowest BCUT2D eigenvalue weighted by Crippen LogP contribution is -2.54. The maximum absolute atomic E-state index is 13.6. The van der Waals surface area contributed by atoms with Crippen molar-refractivity contribution >= 4 is 18.1 Å². The van der Waals surface area contributed by atoms with Crippen molar-refractivity contribution in [2.75, 3.05) is 0 Å². The van der Waals surface area contributed by atoms with Crippen LogP contribution in [0.5, 0.6) is 0 Å². The molecule has 0 radical (unpaired) electrons. The van der Waals surface area contributed by atoms with E-state index in [0.717, 1.165) is 16.7 Å². The highest BCUT2D eigenvalue weighted by Crippen LogP contribution is 2.16. The Morgan fingerprint density at radius 3 is 2.02 bits per heavy atom. The Kier molecular flexibility index (Phi) is 13.3. The van der Waals surface area contributed by atoms with Crippen LogP contribution in [0, 0.1) is 5.92 Å². The summed E-state index contributed by atoms with van der Waals surface area (Å²) in [5.41, 5.74) is 2.57. The number of aliphatic hydroxyl groups excluding tert-OH is 1. The zero-order valence-electron chi connectivity index (χ0n) is 26.5. The molecule has 12 heteroatoms. The van der Waals surface area contributed by atoms with Gasteiger partial charge >= 0.3 is 12.2 Å². The maximum atomic E-state index is 13.6. The van der Waals surface area contributed by atoms with Gasteiger partial charge in [0.25, 0.3) is 0 Å². The van der Waals surface area contributed by atoms with E-state index in [1.54, 1.807) is 38.4 Å². The minimum absolute atomic E-state index is 0.0188. The van der Waals surface area contributed by atoms with Crippen molar-refractivity contribution in [1.29, 1.82) is 0 Å². The molecule has 2 aromatic heterocycles. The summed E-state index contributed by atoms with van der Waals surface area (Å²) in [5.74, 6) is -0.354. The van der Waals surface area contributed by atoms with E-state index in [1.807, 2.05) is 60.7 Å². The van der Waals surface area contributed by atoms with Crippen molar-refractivity contribution in [3.63, 3.8) is 0 Å². The van der Waals surface area contributed by atoms with Crippen LogP contribution in [0.1, 0.15) is 42.7 Å². The molecule has 4 aromatic rings. The second-order valence-electron chi connectivity index (χ2n) is 11.5. The van der Waals surface area contributed by atoms with Gasteiger partial charge in [0.15, 0.2) is 18.8 Å². The van der Waals surface area contributed by atoms with Gasteiger partial charge in [0.1, 0.15) is 12.6 Å². The fourth-order valence-electron chi connectivity index (χ4n) is 4.97. The standard InChI is InChI=1S/C35H41N5O7/c1-24(2)32(40-35(44)46-22-29-20-37-23-47-29)33(42)38-28(16-25-10-5-3-6-11-25)18-31(41)30(17-26-12-7-4-8-13-26)39-34(43)45-21-27-14-9-15-36-19-27/h3-15,19-20,23-24,28,30-32,41H,16-18,21-22H2,1-2H3,(H,38,42)(H,39,43)(H,40,44)/t28-,30-,31-,32-/m0/s1. The molecular weight excluding hydrogens is 602 g/mol. The summed E-state index contributed by atoms with van der Waals surface area (Å²) in [6.45, 7) is 3.49. The second kappa shape index (κ2) is 18.1. The first-order valence-corrected chi connectivity index (χ1v) is 15.5. The number of carbonyl (C=O) groups is 3. The van der Waals surface area contributed by atoms with Crippen LogP contribution >= 0.6 is 0 Å². The van der Waals surface area contributed by atoms with E-state index < -0.39 is 42.3 Å². The van der Waals surface area contributed by atoms with Gasteiger partial charge in [-0.2, -0.15) is 0 Å². The van der Waals surface area contributed by atoms with E-state index in [0.29, 0.717) is 18.6 Å². The first-order valence-electron chi connectivity index (χ1n) is 15.5. The summed E-state index contributed by atoms with van der Waals surface area (Å²) in [6.07, 6.45) is 4.17. The Morgan fingerprint density at radius 2 is 1.40 bits per heavy atom. The molecule has 248 valence electrons. The summed E-state index contributed by atoms with van der Waals surface area (Å²) >= 11 is 0. The van der Waals surface area contributed by atoms with E-state index in [9.17, 15) is 19.5 Å². The molecule has 47 heavy (non-hydrogen) atoms. The molecule has 12 nitrogen and oxygen atoms in total. The number of hydrogen-bond donors (Lipinski definition) is 4. The molecule has 0 bridgehead atoms. The van der Waals surface area contributed by atoms with E-state index in [2.05, 4.69) is 25.9 Å². The fourth-order valence-corrected chi connectivity index (χ4v) is 4.97. The van der Waals surface area contributed by atoms with Crippen LogP contribution in [0.3, 0.4) is 0 Å². The third kappa shape index (κ3) is 11.9. The van der Waals surface area contributed by atoms with Gasteiger partial charge in [-0.1, -0.05) is 80.6 Å². The van der Waals surface area contributed by atoms with E-state index >= 15 is 0 Å². The third-order valence-corrected chi connectivity index (χ3v) is 7.41. The number of oxazole rings is 1. The number of ether oxygens (including phenoxy) is 2. The molecule has 0 unspecified atom stereocenters. The van der Waals surface area contributed by atoms with Crippen LogP contribution in [-0.4, -0.2) is 57.4 Å². The second-order valence-corrected chi connectivity index (χ2v) is 11.5. The van der Waals surface area contributed by atoms with Crippen LogP contribution in [0.25, 0.3) is 0 Å². The zero-order valence-corrected chi connectivity index (χ0v) is 26.5. The van der Waals surface area contributed by atoms with Gasteiger partial charge in [0.2, 0.25) is 5.91 Å². The summed E-state index contributed by atoms with van der Waals surface area (Å²) in [4.78, 5) is 46.9. The molecular formula is C35H41N5O7. The number of rotatable bonds is 16. The van der Waals surface area contributed by atoms with Gasteiger partial charge in [-0.25, -0.2) is 14.6 Å². The van der Waals surface area contributed by atoms with Crippen molar-refractivity contribution in [2.24, 2.45) is 5.92 Å². The zero-order chi connectivity index (χ0) is 33.4. The first kappa shape index (κ1) is 34.6. The number of amides is 3. The number of aromatic nitrogens is 2. The Bertz CT molecular complexity index is 1510. The highest BCUT2D eigenvalue weighted by Gasteiger charge is 2.30. The highest BCUT2D eigenvalue weighted by atomic mass is 16.6. The number of pyridine rings is 1. The van der Waals surface area contributed by atoms with Crippen LogP contribution in [0.15, 0.2) is 102 Å². The molecule has 0 fully saturated rings. The average molecular weight is 644 g/mol. The normalized spacial score (nSPS) is 13.5. The number of hydrogen-bond acceptors (Lipinski definition) is 9. The lowest BCUT2D eigenvalue weighted by molar-refractivity contribution is -0.125. The Balaban J connectivity index is 1.46. The summed E-state index contributed by atoms with van der Waals surface area (Å²) in [5, 5.41) is 20.1. The van der Waals surface area contributed by atoms with Crippen LogP contribution in [0.2, 0.25) is 0 Å². The quantitative estimate of drug-likeness (QED) is 0.139. The van der Waals surface area contributed by atoms with Gasteiger partial charge in [-0.05, 0) is 42.4 Å². The average Bonchev–Trinajstić information content (AvgIpc) is 3.60. The molecule has 4 N–H and O–H groups in total. The number of nitrogens with one attached hydrogen (secondary N) is 3.